The number of carbonyl (C=O) groups is 1. The fourth-order valence-electron chi connectivity index (χ4n) is 3.37. The third kappa shape index (κ3) is 3.28. The third-order valence-corrected chi connectivity index (χ3v) is 4.66. The summed E-state index contributed by atoms with van der Waals surface area (Å²) in [5, 5.41) is 0. The first-order valence-corrected chi connectivity index (χ1v) is 7.91. The highest BCUT2D eigenvalue weighted by molar-refractivity contribution is 5.95. The Bertz CT molecular complexity index is 578. The van der Waals surface area contributed by atoms with E-state index in [0.29, 0.717) is 36.1 Å². The van der Waals surface area contributed by atoms with E-state index in [1.54, 1.807) is 32.4 Å². The molecule has 1 amide bonds. The molecule has 0 spiro atoms. The van der Waals surface area contributed by atoms with Gasteiger partial charge in [-0.2, -0.15) is 0 Å². The van der Waals surface area contributed by atoms with Gasteiger partial charge in [-0.15, -0.1) is 0 Å². The summed E-state index contributed by atoms with van der Waals surface area (Å²) in [6, 6.07) is 5.58. The molecule has 0 unspecified atom stereocenters. The van der Waals surface area contributed by atoms with Crippen LogP contribution < -0.4 is 9.47 Å². The predicted molar refractivity (Wildman–Crippen MR) is 86.2 cm³/mol. The first-order valence-electron chi connectivity index (χ1n) is 7.91. The van der Waals surface area contributed by atoms with Crippen molar-refractivity contribution >= 4 is 5.91 Å². The third-order valence-electron chi connectivity index (χ3n) is 4.66. The number of rotatable bonds is 3. The van der Waals surface area contributed by atoms with Crippen molar-refractivity contribution in [2.24, 2.45) is 5.92 Å². The average molecular weight is 320 g/mol. The maximum atomic E-state index is 12.9. The fourth-order valence-corrected chi connectivity index (χ4v) is 3.37. The number of amides is 1. The van der Waals surface area contributed by atoms with Gasteiger partial charge in [0.05, 0.1) is 33.5 Å². The predicted octanol–water partition coefficient (Wildman–Crippen LogP) is 1.11. The number of hydrogen-bond acceptors (Lipinski definition) is 5. The van der Waals surface area contributed by atoms with Crippen LogP contribution in [0.1, 0.15) is 10.4 Å². The number of benzene rings is 1. The Morgan fingerprint density at radius 1 is 1.13 bits per heavy atom. The minimum atomic E-state index is 0.0400. The van der Waals surface area contributed by atoms with Crippen LogP contribution in [0.3, 0.4) is 0 Å². The maximum Gasteiger partial charge on any atom is 0.254 e. The molecule has 2 fully saturated rings. The molecule has 126 valence electrons. The molecule has 2 heterocycles. The summed E-state index contributed by atoms with van der Waals surface area (Å²) in [5.74, 6) is 1.61. The number of nitrogens with zero attached hydrogens (tertiary/aromatic N) is 2. The van der Waals surface area contributed by atoms with E-state index in [1.807, 2.05) is 4.90 Å². The van der Waals surface area contributed by atoms with Crippen LogP contribution in [0.25, 0.3) is 0 Å². The average Bonchev–Trinajstić information content (AvgIpc) is 2.81. The van der Waals surface area contributed by atoms with Gasteiger partial charge in [-0.1, -0.05) is 0 Å². The van der Waals surface area contributed by atoms with E-state index in [4.69, 9.17) is 14.2 Å². The summed E-state index contributed by atoms with van der Waals surface area (Å²) in [4.78, 5) is 17.2. The summed E-state index contributed by atoms with van der Waals surface area (Å²) < 4.78 is 16.3. The minimum Gasteiger partial charge on any atom is -0.493 e. The molecule has 0 N–H and O–H groups in total. The van der Waals surface area contributed by atoms with E-state index in [9.17, 15) is 4.79 Å². The fraction of sp³-hybridized carbons (Fsp3) is 0.588. The van der Waals surface area contributed by atoms with Crippen molar-refractivity contribution in [1.29, 1.82) is 0 Å². The molecular formula is C17H24N2O4. The normalized spacial score (nSPS) is 24.9. The van der Waals surface area contributed by atoms with Gasteiger partial charge in [-0.05, 0) is 25.2 Å². The Balaban J connectivity index is 1.82. The SMILES string of the molecule is COc1ccc(C(=O)N2C[C@@H]3COC[C@H](C2)N(C)C3)cc1OC. The van der Waals surface area contributed by atoms with Crippen LogP contribution in [0.4, 0.5) is 0 Å². The highest BCUT2D eigenvalue weighted by Gasteiger charge is 2.33. The number of hydrogen-bond donors (Lipinski definition) is 0. The van der Waals surface area contributed by atoms with E-state index >= 15 is 0 Å². The molecule has 2 aliphatic rings. The van der Waals surface area contributed by atoms with Crippen molar-refractivity contribution in [3.8, 4) is 11.5 Å². The Hall–Kier alpha value is -1.79. The monoisotopic (exact) mass is 320 g/mol. The molecule has 2 saturated heterocycles. The van der Waals surface area contributed by atoms with Crippen molar-refractivity contribution in [3.05, 3.63) is 23.8 Å². The molecule has 1 aromatic rings. The van der Waals surface area contributed by atoms with Crippen LogP contribution in [0.15, 0.2) is 18.2 Å². The van der Waals surface area contributed by atoms with Crippen molar-refractivity contribution in [3.63, 3.8) is 0 Å². The first-order chi connectivity index (χ1) is 11.1. The second-order valence-corrected chi connectivity index (χ2v) is 6.28. The highest BCUT2D eigenvalue weighted by Crippen LogP contribution is 2.29. The molecule has 6 heteroatoms. The second kappa shape index (κ2) is 6.76. The van der Waals surface area contributed by atoms with E-state index in [1.165, 1.54) is 0 Å². The lowest BCUT2D eigenvalue weighted by Gasteiger charge is -2.30. The van der Waals surface area contributed by atoms with Crippen LogP contribution in [-0.4, -0.2) is 75.9 Å². The lowest BCUT2D eigenvalue weighted by atomic mass is 10.1. The van der Waals surface area contributed by atoms with Gasteiger partial charge in [0, 0.05) is 31.1 Å². The van der Waals surface area contributed by atoms with Gasteiger partial charge in [0.1, 0.15) is 0 Å². The summed E-state index contributed by atoms with van der Waals surface area (Å²) in [5.41, 5.74) is 0.631. The smallest absolute Gasteiger partial charge is 0.254 e. The Morgan fingerprint density at radius 2 is 1.91 bits per heavy atom. The highest BCUT2D eigenvalue weighted by atomic mass is 16.5. The molecule has 0 saturated carbocycles. The van der Waals surface area contributed by atoms with E-state index in [-0.39, 0.29) is 11.9 Å². The van der Waals surface area contributed by atoms with E-state index in [2.05, 4.69) is 11.9 Å². The molecule has 3 rings (SSSR count). The van der Waals surface area contributed by atoms with Crippen molar-refractivity contribution in [2.45, 2.75) is 6.04 Å². The Labute approximate surface area is 136 Å². The van der Waals surface area contributed by atoms with Gasteiger partial charge in [0.15, 0.2) is 11.5 Å². The number of likely N-dealkylation sites (N-methyl/N-ethyl adjacent to an activating group) is 1. The zero-order valence-corrected chi connectivity index (χ0v) is 13.9. The molecule has 2 atom stereocenters. The van der Waals surface area contributed by atoms with Crippen LogP contribution in [0, 0.1) is 5.92 Å². The van der Waals surface area contributed by atoms with Gasteiger partial charge in [-0.3, -0.25) is 9.69 Å². The summed E-state index contributed by atoms with van der Waals surface area (Å²) in [6.07, 6.45) is 0. The van der Waals surface area contributed by atoms with Crippen molar-refractivity contribution in [1.82, 2.24) is 9.80 Å². The molecule has 23 heavy (non-hydrogen) atoms. The van der Waals surface area contributed by atoms with Gasteiger partial charge < -0.3 is 19.1 Å². The lowest BCUT2D eigenvalue weighted by molar-refractivity contribution is 0.0433. The lowest BCUT2D eigenvalue weighted by Crippen LogP contribution is -2.44. The van der Waals surface area contributed by atoms with Crippen LogP contribution in [0.5, 0.6) is 11.5 Å². The van der Waals surface area contributed by atoms with Crippen molar-refractivity contribution < 1.29 is 19.0 Å². The van der Waals surface area contributed by atoms with Gasteiger partial charge in [-0.25, -0.2) is 0 Å². The Morgan fingerprint density at radius 3 is 2.65 bits per heavy atom. The van der Waals surface area contributed by atoms with Gasteiger partial charge in [0.2, 0.25) is 0 Å². The zero-order valence-electron chi connectivity index (χ0n) is 13.9. The number of carbonyl (C=O) groups excluding carboxylic acids is 1. The standard InChI is InChI=1S/C17H24N2O4/c1-18-7-12-8-19(9-14(18)11-23-10-12)17(20)13-4-5-15(21-2)16(6-13)22-3/h4-6,12,14H,7-11H2,1-3H3/t12-,14+/m1/s1. The van der Waals surface area contributed by atoms with Crippen LogP contribution in [0.2, 0.25) is 0 Å². The molecule has 1 aromatic carbocycles. The minimum absolute atomic E-state index is 0.0400. The van der Waals surface area contributed by atoms with E-state index in [0.717, 1.165) is 19.7 Å². The molecule has 2 bridgehead atoms. The summed E-state index contributed by atoms with van der Waals surface area (Å²) in [6.45, 7) is 3.80. The zero-order chi connectivity index (χ0) is 16.4. The number of ether oxygens (including phenoxy) is 3. The Kier molecular flexibility index (Phi) is 4.73. The molecular weight excluding hydrogens is 296 g/mol. The van der Waals surface area contributed by atoms with Crippen LogP contribution in [-0.2, 0) is 4.74 Å². The van der Waals surface area contributed by atoms with Gasteiger partial charge >= 0.3 is 0 Å². The quantitative estimate of drug-likeness (QED) is 0.835. The molecule has 0 aromatic heterocycles. The van der Waals surface area contributed by atoms with Crippen LogP contribution >= 0.6 is 0 Å². The largest absolute Gasteiger partial charge is 0.493 e. The molecule has 6 nitrogen and oxygen atoms in total. The van der Waals surface area contributed by atoms with E-state index < -0.39 is 0 Å². The first kappa shape index (κ1) is 16.1. The number of fused-ring (bicyclic) bond motifs is 3. The maximum absolute atomic E-state index is 12.9. The summed E-state index contributed by atoms with van der Waals surface area (Å²) >= 11 is 0. The molecule has 0 aliphatic carbocycles. The topological polar surface area (TPSA) is 51.2 Å². The van der Waals surface area contributed by atoms with Gasteiger partial charge in [0.25, 0.3) is 5.91 Å². The number of methoxy groups -OCH3 is 2. The summed E-state index contributed by atoms with van der Waals surface area (Å²) in [7, 11) is 5.27. The van der Waals surface area contributed by atoms with Crippen molar-refractivity contribution in [2.75, 3.05) is 54.1 Å². The second-order valence-electron chi connectivity index (χ2n) is 6.28. The molecule has 0 radical (unpaired) electrons. The molecule has 2 aliphatic heterocycles.